The molecule has 0 aliphatic rings. The van der Waals surface area contributed by atoms with Crippen molar-refractivity contribution in [2.75, 3.05) is 0 Å². The third-order valence-corrected chi connectivity index (χ3v) is 3.24. The predicted octanol–water partition coefficient (Wildman–Crippen LogP) is 4.37. The maximum Gasteiger partial charge on any atom is 0.104 e. The zero-order valence-corrected chi connectivity index (χ0v) is 11.2. The van der Waals surface area contributed by atoms with Crippen molar-refractivity contribution in [3.8, 4) is 0 Å². The van der Waals surface area contributed by atoms with Gasteiger partial charge in [0, 0.05) is 5.02 Å². The third-order valence-electron chi connectivity index (χ3n) is 2.99. The quantitative estimate of drug-likeness (QED) is 0.865. The lowest BCUT2D eigenvalue weighted by atomic mass is 9.98. The second kappa shape index (κ2) is 6.03. The first kappa shape index (κ1) is 13.1. The molecule has 1 nitrogen and oxygen atoms in total. The maximum atomic E-state index is 10.3. The number of benzene rings is 2. The summed E-state index contributed by atoms with van der Waals surface area (Å²) in [7, 11) is 0. The van der Waals surface area contributed by atoms with E-state index < -0.39 is 6.10 Å². The Morgan fingerprint density at radius 2 is 1.78 bits per heavy atom. The number of aliphatic hydroxyl groups excluding tert-OH is 1. The van der Waals surface area contributed by atoms with Crippen LogP contribution in [-0.4, -0.2) is 5.11 Å². The molecule has 94 valence electrons. The van der Waals surface area contributed by atoms with Crippen LogP contribution < -0.4 is 0 Å². The molecule has 0 aliphatic heterocycles. The van der Waals surface area contributed by atoms with Crippen LogP contribution in [-0.2, 0) is 6.42 Å². The minimum Gasteiger partial charge on any atom is -0.384 e. The van der Waals surface area contributed by atoms with Crippen LogP contribution >= 0.6 is 11.6 Å². The third kappa shape index (κ3) is 3.12. The van der Waals surface area contributed by atoms with Gasteiger partial charge in [0.15, 0.2) is 0 Å². The summed E-state index contributed by atoms with van der Waals surface area (Å²) < 4.78 is 0. The second-order valence-electron chi connectivity index (χ2n) is 4.45. The summed E-state index contributed by atoms with van der Waals surface area (Å²) in [5.41, 5.74) is 3.07. The van der Waals surface area contributed by atoms with Gasteiger partial charge in [0.05, 0.1) is 0 Å². The van der Waals surface area contributed by atoms with E-state index in [9.17, 15) is 5.11 Å². The van der Waals surface area contributed by atoms with Crippen LogP contribution in [0.3, 0.4) is 0 Å². The summed E-state index contributed by atoms with van der Waals surface area (Å²) in [6.45, 7) is 2.16. The fourth-order valence-corrected chi connectivity index (χ4v) is 2.17. The monoisotopic (exact) mass is 260 g/mol. The van der Waals surface area contributed by atoms with E-state index in [0.717, 1.165) is 24.0 Å². The Balaban J connectivity index is 2.24. The van der Waals surface area contributed by atoms with E-state index in [2.05, 4.69) is 19.1 Å². The molecule has 2 heteroatoms. The molecule has 0 saturated heterocycles. The van der Waals surface area contributed by atoms with Crippen molar-refractivity contribution in [2.24, 2.45) is 0 Å². The Labute approximate surface area is 113 Å². The summed E-state index contributed by atoms with van der Waals surface area (Å²) in [5, 5.41) is 11.0. The largest absolute Gasteiger partial charge is 0.384 e. The van der Waals surface area contributed by atoms with Crippen LogP contribution in [0.25, 0.3) is 0 Å². The SMILES string of the molecule is CCCc1cccc(C(O)c2ccc(Cl)cc2)c1. The van der Waals surface area contributed by atoms with Crippen molar-refractivity contribution in [3.05, 3.63) is 70.2 Å². The van der Waals surface area contributed by atoms with Crippen molar-refractivity contribution >= 4 is 11.6 Å². The lowest BCUT2D eigenvalue weighted by molar-refractivity contribution is 0.220. The average molecular weight is 261 g/mol. The van der Waals surface area contributed by atoms with Gasteiger partial charge in [0.25, 0.3) is 0 Å². The first-order valence-corrected chi connectivity index (χ1v) is 6.61. The molecule has 18 heavy (non-hydrogen) atoms. The Hall–Kier alpha value is -1.31. The fourth-order valence-electron chi connectivity index (χ4n) is 2.04. The standard InChI is InChI=1S/C16H17ClO/c1-2-4-12-5-3-6-14(11-12)16(18)13-7-9-15(17)10-8-13/h3,5-11,16,18H,2,4H2,1H3. The second-order valence-corrected chi connectivity index (χ2v) is 4.89. The van der Waals surface area contributed by atoms with Crippen LogP contribution in [0.2, 0.25) is 5.02 Å². The van der Waals surface area contributed by atoms with Gasteiger partial charge in [0.1, 0.15) is 6.10 Å². The highest BCUT2D eigenvalue weighted by Gasteiger charge is 2.10. The average Bonchev–Trinajstić information content (AvgIpc) is 2.39. The smallest absolute Gasteiger partial charge is 0.104 e. The fraction of sp³-hybridized carbons (Fsp3) is 0.250. The molecule has 0 aliphatic carbocycles. The van der Waals surface area contributed by atoms with Gasteiger partial charge >= 0.3 is 0 Å². The molecule has 1 unspecified atom stereocenters. The van der Waals surface area contributed by atoms with Crippen LogP contribution in [0.1, 0.15) is 36.1 Å². The van der Waals surface area contributed by atoms with Crippen LogP contribution in [0.4, 0.5) is 0 Å². The molecule has 0 amide bonds. The number of aryl methyl sites for hydroxylation is 1. The zero-order chi connectivity index (χ0) is 13.0. The Morgan fingerprint density at radius 3 is 2.44 bits per heavy atom. The van der Waals surface area contributed by atoms with E-state index in [4.69, 9.17) is 11.6 Å². The van der Waals surface area contributed by atoms with Gasteiger partial charge in [-0.1, -0.05) is 61.3 Å². The van der Waals surface area contributed by atoms with E-state index in [1.54, 1.807) is 12.1 Å². The molecule has 0 aromatic heterocycles. The number of aliphatic hydroxyl groups is 1. The maximum absolute atomic E-state index is 10.3. The summed E-state index contributed by atoms with van der Waals surface area (Å²) in [5.74, 6) is 0. The molecular formula is C16H17ClO. The zero-order valence-electron chi connectivity index (χ0n) is 10.4. The van der Waals surface area contributed by atoms with Crippen LogP contribution in [0.5, 0.6) is 0 Å². The first-order chi connectivity index (χ1) is 8.70. The molecule has 2 rings (SSSR count). The van der Waals surface area contributed by atoms with Gasteiger partial charge in [-0.05, 0) is 35.2 Å². The highest BCUT2D eigenvalue weighted by atomic mass is 35.5. The Bertz CT molecular complexity index is 505. The van der Waals surface area contributed by atoms with Crippen LogP contribution in [0.15, 0.2) is 48.5 Å². The van der Waals surface area contributed by atoms with Gasteiger partial charge in [0.2, 0.25) is 0 Å². The van der Waals surface area contributed by atoms with Gasteiger partial charge < -0.3 is 5.11 Å². The Morgan fingerprint density at radius 1 is 1.06 bits per heavy atom. The van der Waals surface area contributed by atoms with Gasteiger partial charge in [-0.3, -0.25) is 0 Å². The predicted molar refractivity (Wildman–Crippen MR) is 76.0 cm³/mol. The normalized spacial score (nSPS) is 12.4. The van der Waals surface area contributed by atoms with Crippen molar-refractivity contribution in [3.63, 3.8) is 0 Å². The van der Waals surface area contributed by atoms with Gasteiger partial charge in [-0.25, -0.2) is 0 Å². The molecule has 0 spiro atoms. The van der Waals surface area contributed by atoms with Crippen molar-refractivity contribution in [1.29, 1.82) is 0 Å². The molecule has 0 heterocycles. The van der Waals surface area contributed by atoms with E-state index in [1.807, 2.05) is 24.3 Å². The first-order valence-electron chi connectivity index (χ1n) is 6.23. The Kier molecular flexibility index (Phi) is 4.40. The summed E-state index contributed by atoms with van der Waals surface area (Å²) in [6.07, 6.45) is 1.57. The minimum absolute atomic E-state index is 0.584. The summed E-state index contributed by atoms with van der Waals surface area (Å²) in [4.78, 5) is 0. The number of rotatable bonds is 4. The topological polar surface area (TPSA) is 20.2 Å². The molecule has 0 radical (unpaired) electrons. The highest BCUT2D eigenvalue weighted by Crippen LogP contribution is 2.24. The number of hydrogen-bond donors (Lipinski definition) is 1. The summed E-state index contributed by atoms with van der Waals surface area (Å²) in [6, 6.07) is 15.5. The summed E-state index contributed by atoms with van der Waals surface area (Å²) >= 11 is 5.85. The van der Waals surface area contributed by atoms with E-state index >= 15 is 0 Å². The molecular weight excluding hydrogens is 244 g/mol. The van der Waals surface area contributed by atoms with E-state index in [1.165, 1.54) is 5.56 Å². The van der Waals surface area contributed by atoms with Crippen molar-refractivity contribution in [2.45, 2.75) is 25.9 Å². The molecule has 1 N–H and O–H groups in total. The van der Waals surface area contributed by atoms with E-state index in [-0.39, 0.29) is 0 Å². The highest BCUT2D eigenvalue weighted by molar-refractivity contribution is 6.30. The number of hydrogen-bond acceptors (Lipinski definition) is 1. The molecule has 0 bridgehead atoms. The molecule has 2 aromatic rings. The van der Waals surface area contributed by atoms with Crippen LogP contribution in [0, 0.1) is 0 Å². The lowest BCUT2D eigenvalue weighted by Crippen LogP contribution is -2.00. The number of halogens is 1. The molecule has 1 atom stereocenters. The van der Waals surface area contributed by atoms with Gasteiger partial charge in [-0.15, -0.1) is 0 Å². The molecule has 0 fully saturated rings. The molecule has 0 saturated carbocycles. The van der Waals surface area contributed by atoms with Crippen molar-refractivity contribution in [1.82, 2.24) is 0 Å². The lowest BCUT2D eigenvalue weighted by Gasteiger charge is -2.12. The van der Waals surface area contributed by atoms with E-state index in [0.29, 0.717) is 5.02 Å². The minimum atomic E-state index is -0.584. The molecule has 2 aromatic carbocycles. The van der Waals surface area contributed by atoms with Gasteiger partial charge in [-0.2, -0.15) is 0 Å². The van der Waals surface area contributed by atoms with Crippen molar-refractivity contribution < 1.29 is 5.11 Å².